The fraction of sp³-hybridized carbons (Fsp3) is 0.867. The lowest BCUT2D eigenvalue weighted by Gasteiger charge is -2.24. The second kappa shape index (κ2) is 6.73. The maximum absolute atomic E-state index is 12.1. The van der Waals surface area contributed by atoms with Gasteiger partial charge in [0.1, 0.15) is 11.2 Å². The Bertz CT molecular complexity index is 411. The number of carbonyl (C=O) groups excluding carboxylic acids is 2. The lowest BCUT2D eigenvalue weighted by atomic mass is 10.2. The van der Waals surface area contributed by atoms with Gasteiger partial charge in [0.15, 0.2) is 0 Å². The van der Waals surface area contributed by atoms with Crippen molar-refractivity contribution in [1.82, 2.24) is 10.2 Å². The molecule has 7 nitrogen and oxygen atoms in total. The number of amides is 2. The van der Waals surface area contributed by atoms with Crippen molar-refractivity contribution >= 4 is 12.2 Å². The summed E-state index contributed by atoms with van der Waals surface area (Å²) < 4.78 is 15.9. The van der Waals surface area contributed by atoms with Gasteiger partial charge in [-0.25, -0.2) is 9.59 Å². The van der Waals surface area contributed by atoms with Crippen molar-refractivity contribution in [3.8, 4) is 0 Å². The molecule has 128 valence electrons. The summed E-state index contributed by atoms with van der Waals surface area (Å²) in [5.41, 5.74) is -1.13. The number of rotatable bonds is 2. The molecule has 0 spiro atoms. The van der Waals surface area contributed by atoms with E-state index in [0.29, 0.717) is 13.1 Å². The van der Waals surface area contributed by atoms with E-state index >= 15 is 0 Å². The molecule has 0 bridgehead atoms. The normalized spacial score (nSPS) is 22.4. The number of nitrogens with one attached hydrogen (secondary N) is 1. The highest BCUT2D eigenvalue weighted by Gasteiger charge is 2.38. The molecule has 1 saturated heterocycles. The van der Waals surface area contributed by atoms with Gasteiger partial charge in [0.2, 0.25) is 0 Å². The molecule has 1 heterocycles. The molecule has 0 aliphatic carbocycles. The van der Waals surface area contributed by atoms with Gasteiger partial charge < -0.3 is 24.4 Å². The number of methoxy groups -OCH3 is 1. The van der Waals surface area contributed by atoms with Crippen LogP contribution in [0, 0.1) is 0 Å². The summed E-state index contributed by atoms with van der Waals surface area (Å²) in [4.78, 5) is 25.5. The molecule has 2 amide bonds. The quantitative estimate of drug-likeness (QED) is 0.844. The van der Waals surface area contributed by atoms with Gasteiger partial charge in [0, 0.05) is 13.7 Å². The summed E-state index contributed by atoms with van der Waals surface area (Å²) in [6.07, 6.45) is -1.23. The van der Waals surface area contributed by atoms with E-state index in [-0.39, 0.29) is 12.1 Å². The van der Waals surface area contributed by atoms with E-state index in [1.165, 1.54) is 4.90 Å². The Morgan fingerprint density at radius 2 is 1.55 bits per heavy atom. The largest absolute Gasteiger partial charge is 0.444 e. The van der Waals surface area contributed by atoms with E-state index in [9.17, 15) is 9.59 Å². The van der Waals surface area contributed by atoms with Crippen LogP contribution in [-0.4, -0.2) is 60.6 Å². The zero-order chi connectivity index (χ0) is 17.1. The van der Waals surface area contributed by atoms with E-state index < -0.39 is 23.4 Å². The van der Waals surface area contributed by atoms with E-state index in [1.807, 2.05) is 20.8 Å². The third-order valence-electron chi connectivity index (χ3n) is 2.92. The summed E-state index contributed by atoms with van der Waals surface area (Å²) in [5, 5.41) is 2.75. The lowest BCUT2D eigenvalue weighted by Crippen LogP contribution is -2.46. The third kappa shape index (κ3) is 6.09. The molecule has 0 unspecified atom stereocenters. The average molecular weight is 316 g/mol. The van der Waals surface area contributed by atoms with Gasteiger partial charge in [0.25, 0.3) is 0 Å². The Kier molecular flexibility index (Phi) is 5.67. The molecule has 1 N–H and O–H groups in total. The highest BCUT2D eigenvalue weighted by molar-refractivity contribution is 5.70. The molecular weight excluding hydrogens is 288 g/mol. The molecule has 1 aliphatic heterocycles. The van der Waals surface area contributed by atoms with Crippen LogP contribution < -0.4 is 5.32 Å². The van der Waals surface area contributed by atoms with Crippen molar-refractivity contribution in [2.24, 2.45) is 0 Å². The number of likely N-dealkylation sites (tertiary alicyclic amines) is 1. The summed E-state index contributed by atoms with van der Waals surface area (Å²) in [7, 11) is 1.55. The molecule has 0 radical (unpaired) electrons. The molecule has 1 rings (SSSR count). The highest BCUT2D eigenvalue weighted by Crippen LogP contribution is 2.18. The second-order valence-corrected chi connectivity index (χ2v) is 7.41. The Labute approximate surface area is 132 Å². The van der Waals surface area contributed by atoms with Crippen molar-refractivity contribution in [2.75, 3.05) is 20.2 Å². The lowest BCUT2D eigenvalue weighted by molar-refractivity contribution is 0.0252. The van der Waals surface area contributed by atoms with Crippen LogP contribution in [0.2, 0.25) is 0 Å². The first kappa shape index (κ1) is 18.5. The van der Waals surface area contributed by atoms with E-state index in [1.54, 1.807) is 27.9 Å². The van der Waals surface area contributed by atoms with E-state index in [2.05, 4.69) is 5.32 Å². The number of ether oxygens (including phenoxy) is 3. The Hall–Kier alpha value is -1.50. The molecule has 0 aromatic rings. The first-order valence-electron chi connectivity index (χ1n) is 7.41. The predicted octanol–water partition coefficient (Wildman–Crippen LogP) is 2.15. The third-order valence-corrected chi connectivity index (χ3v) is 2.92. The van der Waals surface area contributed by atoms with Crippen LogP contribution in [-0.2, 0) is 14.2 Å². The number of nitrogens with zero attached hydrogens (tertiary/aromatic N) is 1. The van der Waals surface area contributed by atoms with Gasteiger partial charge in [0.05, 0.1) is 18.7 Å². The second-order valence-electron chi connectivity index (χ2n) is 7.41. The van der Waals surface area contributed by atoms with Gasteiger partial charge in [-0.3, -0.25) is 0 Å². The Morgan fingerprint density at radius 3 is 2.00 bits per heavy atom. The van der Waals surface area contributed by atoms with Gasteiger partial charge in [-0.15, -0.1) is 0 Å². The van der Waals surface area contributed by atoms with Crippen molar-refractivity contribution in [1.29, 1.82) is 0 Å². The molecule has 2 atom stereocenters. The average Bonchev–Trinajstić information content (AvgIpc) is 2.67. The van der Waals surface area contributed by atoms with Crippen LogP contribution >= 0.6 is 0 Å². The van der Waals surface area contributed by atoms with E-state index in [0.717, 1.165) is 0 Å². The molecule has 22 heavy (non-hydrogen) atoms. The Balaban J connectivity index is 2.62. The monoisotopic (exact) mass is 316 g/mol. The fourth-order valence-electron chi connectivity index (χ4n) is 2.09. The van der Waals surface area contributed by atoms with Crippen molar-refractivity contribution in [3.63, 3.8) is 0 Å². The molecule has 1 aliphatic rings. The molecule has 7 heteroatoms. The first-order valence-corrected chi connectivity index (χ1v) is 7.41. The molecular formula is C15H28N2O5. The minimum absolute atomic E-state index is 0.292. The summed E-state index contributed by atoms with van der Waals surface area (Å²) >= 11 is 0. The first-order chi connectivity index (χ1) is 9.91. The van der Waals surface area contributed by atoms with E-state index in [4.69, 9.17) is 14.2 Å². The van der Waals surface area contributed by atoms with Crippen LogP contribution in [0.5, 0.6) is 0 Å². The van der Waals surface area contributed by atoms with Crippen LogP contribution in [0.15, 0.2) is 0 Å². The standard InChI is InChI=1S/C15H28N2O5/c1-14(2,3)21-12(18)16-10-8-17(9-11(10)20-7)13(19)22-15(4,5)6/h10-11H,8-9H2,1-7H3,(H,16,18)/t10-,11-/m0/s1. The van der Waals surface area contributed by atoms with Crippen LogP contribution in [0.1, 0.15) is 41.5 Å². The van der Waals surface area contributed by atoms with Gasteiger partial charge in [-0.1, -0.05) is 0 Å². The summed E-state index contributed by atoms with van der Waals surface area (Å²) in [6.45, 7) is 11.5. The maximum atomic E-state index is 12.1. The topological polar surface area (TPSA) is 77.1 Å². The zero-order valence-electron chi connectivity index (χ0n) is 14.6. The van der Waals surface area contributed by atoms with Crippen LogP contribution in [0.3, 0.4) is 0 Å². The molecule has 0 aromatic heterocycles. The zero-order valence-corrected chi connectivity index (χ0v) is 14.6. The SMILES string of the molecule is CO[C@H]1CN(C(=O)OC(C)(C)C)C[C@@H]1NC(=O)OC(C)(C)C. The van der Waals surface area contributed by atoms with Crippen molar-refractivity contribution < 1.29 is 23.8 Å². The molecule has 0 aromatic carbocycles. The maximum Gasteiger partial charge on any atom is 0.410 e. The number of alkyl carbamates (subject to hydrolysis) is 1. The minimum Gasteiger partial charge on any atom is -0.444 e. The van der Waals surface area contributed by atoms with Crippen molar-refractivity contribution in [3.05, 3.63) is 0 Å². The van der Waals surface area contributed by atoms with Gasteiger partial charge in [-0.05, 0) is 41.5 Å². The molecule has 1 fully saturated rings. The van der Waals surface area contributed by atoms with Gasteiger partial charge in [-0.2, -0.15) is 0 Å². The van der Waals surface area contributed by atoms with Crippen LogP contribution in [0.4, 0.5) is 9.59 Å². The minimum atomic E-state index is -0.573. The highest BCUT2D eigenvalue weighted by atomic mass is 16.6. The van der Waals surface area contributed by atoms with Gasteiger partial charge >= 0.3 is 12.2 Å². The number of hydrogen-bond donors (Lipinski definition) is 1. The van der Waals surface area contributed by atoms with Crippen LogP contribution in [0.25, 0.3) is 0 Å². The molecule has 0 saturated carbocycles. The summed E-state index contributed by atoms with van der Waals surface area (Å²) in [5.74, 6) is 0. The number of hydrogen-bond acceptors (Lipinski definition) is 5. The fourth-order valence-corrected chi connectivity index (χ4v) is 2.09. The predicted molar refractivity (Wildman–Crippen MR) is 81.8 cm³/mol. The summed E-state index contributed by atoms with van der Waals surface area (Å²) in [6, 6.07) is -0.327. The Morgan fingerprint density at radius 1 is 1.00 bits per heavy atom. The van der Waals surface area contributed by atoms with Crippen molar-refractivity contribution in [2.45, 2.75) is 64.9 Å². The smallest absolute Gasteiger partial charge is 0.410 e. The number of carbonyl (C=O) groups is 2.